The number of hydrogen-bond acceptors (Lipinski definition) is 5. The van der Waals surface area contributed by atoms with Gasteiger partial charge in [0.25, 0.3) is 0 Å². The maximum Gasteiger partial charge on any atom is 0.221 e. The number of anilines is 1. The van der Waals surface area contributed by atoms with Crippen LogP contribution in [0.3, 0.4) is 0 Å². The van der Waals surface area contributed by atoms with E-state index in [9.17, 15) is 17.6 Å². The van der Waals surface area contributed by atoms with Crippen molar-refractivity contribution in [1.29, 1.82) is 0 Å². The summed E-state index contributed by atoms with van der Waals surface area (Å²) in [5.41, 5.74) is 1.01. The molecular formula is C22H25FN2O5S. The zero-order valence-corrected chi connectivity index (χ0v) is 18.6. The van der Waals surface area contributed by atoms with E-state index in [4.69, 9.17) is 9.47 Å². The summed E-state index contributed by atoms with van der Waals surface area (Å²) < 4.78 is 51.2. The third-order valence-corrected chi connectivity index (χ3v) is 5.67. The fourth-order valence-electron chi connectivity index (χ4n) is 3.52. The van der Waals surface area contributed by atoms with Gasteiger partial charge in [0, 0.05) is 36.3 Å². The topological polar surface area (TPSA) is 86.6 Å². The molecule has 0 aliphatic heterocycles. The van der Waals surface area contributed by atoms with Crippen LogP contribution in [-0.2, 0) is 14.6 Å². The third-order valence-electron chi connectivity index (χ3n) is 4.75. The number of hydrogen-bond donors (Lipinski definition) is 1. The number of carbonyl (C=O) groups is 1. The first kappa shape index (κ1) is 22.6. The van der Waals surface area contributed by atoms with Gasteiger partial charge in [-0.25, -0.2) is 12.8 Å². The molecule has 2 aromatic carbocycles. The highest BCUT2D eigenvalue weighted by Crippen LogP contribution is 2.34. The zero-order valence-electron chi connectivity index (χ0n) is 17.8. The Morgan fingerprint density at radius 2 is 1.94 bits per heavy atom. The maximum atomic E-state index is 14.1. The van der Waals surface area contributed by atoms with Gasteiger partial charge in [0.1, 0.15) is 15.7 Å². The SMILES string of the molecule is CCOc1cc(C(CS(C)(=O)=O)n2cc3cc(F)cc(NC(C)=O)c3c2)ccc1OC. The van der Waals surface area contributed by atoms with Crippen LogP contribution in [0, 0.1) is 5.82 Å². The molecule has 1 aromatic heterocycles. The van der Waals surface area contributed by atoms with Gasteiger partial charge >= 0.3 is 0 Å². The Labute approximate surface area is 180 Å². The van der Waals surface area contributed by atoms with Crippen LogP contribution >= 0.6 is 0 Å². The minimum absolute atomic E-state index is 0.177. The molecule has 3 rings (SSSR count). The van der Waals surface area contributed by atoms with E-state index in [-0.39, 0.29) is 11.7 Å². The van der Waals surface area contributed by atoms with Crippen LogP contribution in [0.2, 0.25) is 0 Å². The van der Waals surface area contributed by atoms with E-state index in [0.29, 0.717) is 40.1 Å². The van der Waals surface area contributed by atoms with Crippen LogP contribution in [0.5, 0.6) is 11.5 Å². The molecule has 1 N–H and O–H groups in total. The number of amides is 1. The number of fused-ring (bicyclic) bond motifs is 1. The number of carbonyl (C=O) groups excluding carboxylic acids is 1. The zero-order chi connectivity index (χ0) is 22.8. The van der Waals surface area contributed by atoms with Crippen molar-refractivity contribution in [3.63, 3.8) is 0 Å². The van der Waals surface area contributed by atoms with E-state index < -0.39 is 21.7 Å². The molecule has 3 aromatic rings. The Morgan fingerprint density at radius 3 is 2.55 bits per heavy atom. The number of halogens is 1. The molecule has 0 spiro atoms. The van der Waals surface area contributed by atoms with E-state index in [1.165, 1.54) is 32.4 Å². The second kappa shape index (κ2) is 8.97. The fourth-order valence-corrected chi connectivity index (χ4v) is 4.46. The molecule has 0 aliphatic rings. The Kier molecular flexibility index (Phi) is 6.54. The molecular weight excluding hydrogens is 423 g/mol. The quantitative estimate of drug-likeness (QED) is 0.567. The van der Waals surface area contributed by atoms with Crippen molar-refractivity contribution in [3.8, 4) is 11.5 Å². The Bertz CT molecular complexity index is 1220. The fraction of sp³-hybridized carbons (Fsp3) is 0.318. The first-order chi connectivity index (χ1) is 14.6. The Morgan fingerprint density at radius 1 is 1.19 bits per heavy atom. The largest absolute Gasteiger partial charge is 0.493 e. The molecule has 0 aliphatic carbocycles. The maximum absolute atomic E-state index is 14.1. The van der Waals surface area contributed by atoms with Crippen LogP contribution in [0.25, 0.3) is 10.8 Å². The molecule has 0 radical (unpaired) electrons. The van der Waals surface area contributed by atoms with Crippen LogP contribution in [0.4, 0.5) is 10.1 Å². The summed E-state index contributed by atoms with van der Waals surface area (Å²) in [7, 11) is -1.84. The van der Waals surface area contributed by atoms with E-state index in [2.05, 4.69) is 5.32 Å². The average molecular weight is 449 g/mol. The summed E-state index contributed by atoms with van der Waals surface area (Å²) in [6, 6.07) is 7.23. The van der Waals surface area contributed by atoms with Crippen molar-refractivity contribution in [3.05, 3.63) is 54.1 Å². The Balaban J connectivity index is 2.17. The van der Waals surface area contributed by atoms with Crippen molar-refractivity contribution in [1.82, 2.24) is 4.57 Å². The van der Waals surface area contributed by atoms with Gasteiger partial charge in [0.05, 0.1) is 31.2 Å². The van der Waals surface area contributed by atoms with E-state index in [1.54, 1.807) is 35.2 Å². The van der Waals surface area contributed by atoms with Crippen molar-refractivity contribution in [2.75, 3.05) is 31.0 Å². The molecule has 31 heavy (non-hydrogen) atoms. The van der Waals surface area contributed by atoms with Gasteiger partial charge in [-0.3, -0.25) is 4.79 Å². The molecule has 1 amide bonds. The molecule has 0 bridgehead atoms. The number of methoxy groups -OCH3 is 1. The molecule has 1 atom stereocenters. The Hall–Kier alpha value is -3.07. The summed E-state index contributed by atoms with van der Waals surface area (Å²) in [4.78, 5) is 11.5. The standard InChI is InChI=1S/C22H25FN2O5S/c1-5-30-22-9-15(6-7-21(22)29-3)20(13-31(4,27)28)25-11-16-8-17(23)10-19(18(16)12-25)24-14(2)26/h6-12,20H,5,13H2,1-4H3,(H,24,26). The van der Waals surface area contributed by atoms with E-state index in [1.807, 2.05) is 6.92 Å². The first-order valence-electron chi connectivity index (χ1n) is 9.68. The van der Waals surface area contributed by atoms with Gasteiger partial charge in [0.2, 0.25) is 5.91 Å². The molecule has 9 heteroatoms. The second-order valence-electron chi connectivity index (χ2n) is 7.29. The molecule has 0 saturated heterocycles. The summed E-state index contributed by atoms with van der Waals surface area (Å²) in [6.07, 6.45) is 4.54. The second-order valence-corrected chi connectivity index (χ2v) is 9.48. The number of rotatable bonds is 8. The number of ether oxygens (including phenoxy) is 2. The van der Waals surface area contributed by atoms with Gasteiger partial charge in [-0.05, 0) is 36.8 Å². The van der Waals surface area contributed by atoms with Crippen molar-refractivity contribution in [2.45, 2.75) is 19.9 Å². The highest BCUT2D eigenvalue weighted by molar-refractivity contribution is 7.90. The van der Waals surface area contributed by atoms with Crippen molar-refractivity contribution >= 4 is 32.2 Å². The van der Waals surface area contributed by atoms with Crippen LogP contribution in [0.15, 0.2) is 42.7 Å². The average Bonchev–Trinajstić information content (AvgIpc) is 3.09. The molecule has 0 fully saturated rings. The summed E-state index contributed by atoms with van der Waals surface area (Å²) in [6.45, 7) is 3.60. The molecule has 0 saturated carbocycles. The van der Waals surface area contributed by atoms with Gasteiger partial charge in [-0.1, -0.05) is 6.07 Å². The lowest BCUT2D eigenvalue weighted by Crippen LogP contribution is -2.19. The lowest BCUT2D eigenvalue weighted by atomic mass is 10.1. The highest BCUT2D eigenvalue weighted by atomic mass is 32.2. The van der Waals surface area contributed by atoms with Crippen LogP contribution < -0.4 is 14.8 Å². The highest BCUT2D eigenvalue weighted by Gasteiger charge is 2.22. The number of nitrogens with zero attached hydrogens (tertiary/aromatic N) is 1. The monoisotopic (exact) mass is 448 g/mol. The summed E-state index contributed by atoms with van der Waals surface area (Å²) in [5.74, 6) is 0.0313. The molecule has 166 valence electrons. The van der Waals surface area contributed by atoms with Gasteiger partial charge in [-0.2, -0.15) is 0 Å². The van der Waals surface area contributed by atoms with Crippen LogP contribution in [0.1, 0.15) is 25.5 Å². The summed E-state index contributed by atoms with van der Waals surface area (Å²) >= 11 is 0. The van der Waals surface area contributed by atoms with Gasteiger partial charge < -0.3 is 19.4 Å². The van der Waals surface area contributed by atoms with E-state index >= 15 is 0 Å². The number of aromatic nitrogens is 1. The number of nitrogens with one attached hydrogen (secondary N) is 1. The van der Waals surface area contributed by atoms with Crippen molar-refractivity contribution < 1.29 is 27.1 Å². The van der Waals surface area contributed by atoms with Gasteiger partial charge in [0.15, 0.2) is 11.5 Å². The molecule has 1 unspecified atom stereocenters. The minimum atomic E-state index is -3.37. The normalized spacial score (nSPS) is 12.5. The predicted molar refractivity (Wildman–Crippen MR) is 118 cm³/mol. The predicted octanol–water partition coefficient (Wildman–Crippen LogP) is 3.78. The van der Waals surface area contributed by atoms with Crippen molar-refractivity contribution in [2.24, 2.45) is 0 Å². The lowest BCUT2D eigenvalue weighted by molar-refractivity contribution is -0.114. The summed E-state index contributed by atoms with van der Waals surface area (Å²) in [5, 5.41) is 3.77. The molecule has 1 heterocycles. The third kappa shape index (κ3) is 5.35. The van der Waals surface area contributed by atoms with E-state index in [0.717, 1.165) is 0 Å². The number of sulfone groups is 1. The smallest absolute Gasteiger partial charge is 0.221 e. The number of benzene rings is 2. The minimum Gasteiger partial charge on any atom is -0.493 e. The lowest BCUT2D eigenvalue weighted by Gasteiger charge is -2.20. The van der Waals surface area contributed by atoms with Gasteiger partial charge in [-0.15, -0.1) is 0 Å². The molecule has 7 nitrogen and oxygen atoms in total. The van der Waals surface area contributed by atoms with Crippen LogP contribution in [-0.4, -0.2) is 44.6 Å². The first-order valence-corrected chi connectivity index (χ1v) is 11.7.